The molecule has 108 valence electrons. The first-order valence-corrected chi connectivity index (χ1v) is 7.62. The van der Waals surface area contributed by atoms with Crippen LogP contribution in [0.25, 0.3) is 0 Å². The summed E-state index contributed by atoms with van der Waals surface area (Å²) in [5, 5.41) is 9.38. The lowest BCUT2D eigenvalue weighted by molar-refractivity contribution is -0.0381. The summed E-state index contributed by atoms with van der Waals surface area (Å²) in [6.45, 7) is 4.28. The molecule has 0 atom stereocenters. The van der Waals surface area contributed by atoms with Crippen LogP contribution < -0.4 is 4.89 Å². The lowest BCUT2D eigenvalue weighted by atomic mass is 10.2. The molecule has 0 amide bonds. The Morgan fingerprint density at radius 1 is 1.47 bits per heavy atom. The molecule has 0 aliphatic rings. The lowest BCUT2D eigenvalue weighted by Gasteiger charge is -2.17. The van der Waals surface area contributed by atoms with Crippen molar-refractivity contribution in [3.05, 3.63) is 28.0 Å². The highest BCUT2D eigenvalue weighted by molar-refractivity contribution is 9.10. The van der Waals surface area contributed by atoms with E-state index < -0.39 is 26.3 Å². The Labute approximate surface area is 119 Å². The predicted octanol–water partition coefficient (Wildman–Crippen LogP) is 1.88. The largest absolute Gasteiger partial charge is 0.388 e. The summed E-state index contributed by atoms with van der Waals surface area (Å²) >= 11 is 3.13. The summed E-state index contributed by atoms with van der Waals surface area (Å²) in [4.78, 5) is 5.92. The van der Waals surface area contributed by atoms with Gasteiger partial charge in [-0.15, -0.1) is 0 Å². The Morgan fingerprint density at radius 2 is 2.05 bits per heavy atom. The van der Waals surface area contributed by atoms with Gasteiger partial charge in [-0.1, -0.05) is 20.8 Å². The van der Waals surface area contributed by atoms with Gasteiger partial charge >= 0.3 is 0 Å². The van der Waals surface area contributed by atoms with Crippen molar-refractivity contribution in [3.8, 4) is 0 Å². The van der Waals surface area contributed by atoms with E-state index in [9.17, 15) is 17.9 Å². The molecule has 0 saturated carbocycles. The molecule has 0 bridgehead atoms. The van der Waals surface area contributed by atoms with Crippen LogP contribution in [0.5, 0.6) is 0 Å². The van der Waals surface area contributed by atoms with Crippen molar-refractivity contribution in [2.45, 2.75) is 31.3 Å². The monoisotopic (exact) mass is 355 g/mol. The van der Waals surface area contributed by atoms with Gasteiger partial charge in [-0.3, -0.25) is 4.84 Å². The summed E-state index contributed by atoms with van der Waals surface area (Å²) in [5.74, 6) is -0.875. The zero-order chi connectivity index (χ0) is 14.8. The number of hydrogen-bond acceptors (Lipinski definition) is 4. The van der Waals surface area contributed by atoms with E-state index in [-0.39, 0.29) is 6.61 Å². The summed E-state index contributed by atoms with van der Waals surface area (Å²) in [5.41, 5.74) is -0.622. The predicted molar refractivity (Wildman–Crippen MR) is 71.4 cm³/mol. The second-order valence-corrected chi connectivity index (χ2v) is 7.19. The van der Waals surface area contributed by atoms with E-state index in [0.29, 0.717) is 10.0 Å². The Morgan fingerprint density at radius 3 is 2.58 bits per heavy atom. The molecule has 0 spiro atoms. The highest BCUT2D eigenvalue weighted by Gasteiger charge is 2.22. The van der Waals surface area contributed by atoms with E-state index in [1.807, 2.05) is 0 Å². The van der Waals surface area contributed by atoms with Gasteiger partial charge in [-0.2, -0.15) is 0 Å². The molecule has 0 aromatic heterocycles. The third-order valence-electron chi connectivity index (χ3n) is 2.10. The first-order valence-electron chi connectivity index (χ1n) is 5.34. The Balaban J connectivity index is 2.92. The summed E-state index contributed by atoms with van der Waals surface area (Å²) in [6, 6.07) is 2.26. The standard InChI is InChI=1S/C11H15BrFNO4S/c1-7-4-9(13)10(5-8(7)12)19(16,17)14-18-6-11(2,3)15/h4-5,14-15H,6H2,1-3H3. The number of rotatable bonds is 5. The van der Waals surface area contributed by atoms with Gasteiger partial charge in [0.15, 0.2) is 0 Å². The third kappa shape index (κ3) is 4.81. The van der Waals surface area contributed by atoms with Gasteiger partial charge in [0.1, 0.15) is 10.7 Å². The SMILES string of the molecule is Cc1cc(F)c(S(=O)(=O)NOCC(C)(C)O)cc1Br. The van der Waals surface area contributed by atoms with E-state index in [4.69, 9.17) is 0 Å². The first-order chi connectivity index (χ1) is 8.53. The number of sulfonamides is 1. The van der Waals surface area contributed by atoms with E-state index in [1.165, 1.54) is 13.8 Å². The van der Waals surface area contributed by atoms with Crippen molar-refractivity contribution >= 4 is 26.0 Å². The normalized spacial score (nSPS) is 12.7. The van der Waals surface area contributed by atoms with Crippen LogP contribution in [0.15, 0.2) is 21.5 Å². The minimum atomic E-state index is -4.14. The number of halogens is 2. The molecular weight excluding hydrogens is 341 g/mol. The molecule has 19 heavy (non-hydrogen) atoms. The maximum Gasteiger partial charge on any atom is 0.265 e. The smallest absolute Gasteiger partial charge is 0.265 e. The van der Waals surface area contributed by atoms with Crippen molar-refractivity contribution in [1.29, 1.82) is 0 Å². The van der Waals surface area contributed by atoms with Crippen molar-refractivity contribution in [3.63, 3.8) is 0 Å². The maximum atomic E-state index is 13.6. The molecule has 0 heterocycles. The van der Waals surface area contributed by atoms with E-state index in [2.05, 4.69) is 20.8 Å². The Hall–Kier alpha value is -0.540. The quantitative estimate of drug-likeness (QED) is 0.790. The maximum absolute atomic E-state index is 13.6. The van der Waals surface area contributed by atoms with Gasteiger partial charge in [0.05, 0.1) is 12.2 Å². The van der Waals surface area contributed by atoms with Crippen LogP contribution in [-0.2, 0) is 14.9 Å². The first kappa shape index (κ1) is 16.5. The van der Waals surface area contributed by atoms with Gasteiger partial charge < -0.3 is 5.11 Å². The number of aliphatic hydroxyl groups is 1. The molecule has 0 unspecified atom stereocenters. The molecule has 5 nitrogen and oxygen atoms in total. The van der Waals surface area contributed by atoms with Crippen LogP contribution >= 0.6 is 15.9 Å². The molecule has 0 aliphatic heterocycles. The van der Waals surface area contributed by atoms with Crippen molar-refractivity contribution < 1.29 is 22.8 Å². The number of nitrogens with one attached hydrogen (secondary N) is 1. The molecule has 1 rings (SSSR count). The van der Waals surface area contributed by atoms with Gasteiger partial charge in [0.2, 0.25) is 0 Å². The van der Waals surface area contributed by atoms with Crippen molar-refractivity contribution in [1.82, 2.24) is 4.89 Å². The van der Waals surface area contributed by atoms with Gasteiger partial charge in [0, 0.05) is 4.47 Å². The molecule has 0 radical (unpaired) electrons. The van der Waals surface area contributed by atoms with Crippen LogP contribution in [0.1, 0.15) is 19.4 Å². The third-order valence-corrected chi connectivity index (χ3v) is 4.18. The molecule has 8 heteroatoms. The van der Waals surface area contributed by atoms with Crippen LogP contribution in [0.4, 0.5) is 4.39 Å². The minimum Gasteiger partial charge on any atom is -0.388 e. The van der Waals surface area contributed by atoms with Gasteiger partial charge in [-0.25, -0.2) is 12.8 Å². The lowest BCUT2D eigenvalue weighted by Crippen LogP contribution is -2.33. The fraction of sp³-hybridized carbons (Fsp3) is 0.455. The fourth-order valence-corrected chi connectivity index (χ4v) is 2.55. The zero-order valence-corrected chi connectivity index (χ0v) is 13.1. The topological polar surface area (TPSA) is 75.6 Å². The van der Waals surface area contributed by atoms with Crippen LogP contribution in [0, 0.1) is 12.7 Å². The van der Waals surface area contributed by atoms with E-state index in [1.54, 1.807) is 11.8 Å². The van der Waals surface area contributed by atoms with Gasteiger partial charge in [-0.05, 0) is 38.5 Å². The van der Waals surface area contributed by atoms with Crippen molar-refractivity contribution in [2.24, 2.45) is 0 Å². The van der Waals surface area contributed by atoms with E-state index in [0.717, 1.165) is 12.1 Å². The number of benzene rings is 1. The average molecular weight is 356 g/mol. The Kier molecular flexibility index (Phi) is 5.08. The molecule has 0 saturated heterocycles. The zero-order valence-electron chi connectivity index (χ0n) is 10.7. The summed E-state index contributed by atoms with van der Waals surface area (Å²) in [7, 11) is -4.14. The summed E-state index contributed by atoms with van der Waals surface area (Å²) < 4.78 is 37.8. The number of hydrogen-bond donors (Lipinski definition) is 2. The molecular formula is C11H15BrFNO4S. The number of aryl methyl sites for hydroxylation is 1. The highest BCUT2D eigenvalue weighted by atomic mass is 79.9. The van der Waals surface area contributed by atoms with Crippen molar-refractivity contribution in [2.75, 3.05) is 6.61 Å². The minimum absolute atomic E-state index is 0.263. The van der Waals surface area contributed by atoms with E-state index >= 15 is 0 Å². The molecule has 2 N–H and O–H groups in total. The van der Waals surface area contributed by atoms with Gasteiger partial charge in [0.25, 0.3) is 10.0 Å². The van der Waals surface area contributed by atoms with Crippen LogP contribution in [-0.4, -0.2) is 25.7 Å². The fourth-order valence-electron chi connectivity index (χ4n) is 1.16. The van der Waals surface area contributed by atoms with Crippen LogP contribution in [0.2, 0.25) is 0 Å². The second kappa shape index (κ2) is 5.84. The molecule has 0 aliphatic carbocycles. The van der Waals surface area contributed by atoms with Crippen LogP contribution in [0.3, 0.4) is 0 Å². The second-order valence-electron chi connectivity index (χ2n) is 4.72. The average Bonchev–Trinajstić information content (AvgIpc) is 2.20. The Bertz CT molecular complexity index is 569. The molecule has 1 aromatic carbocycles. The molecule has 0 fully saturated rings. The highest BCUT2D eigenvalue weighted by Crippen LogP contribution is 2.23. The molecule has 1 aromatic rings. The summed E-state index contributed by atoms with van der Waals surface area (Å²) in [6.07, 6.45) is 0.